The zero-order chi connectivity index (χ0) is 33.1. The largest absolute Gasteiger partial charge is 0.459 e. The monoisotopic (exact) mass is 620 g/mol. The molecule has 2 saturated heterocycles. The lowest BCUT2D eigenvalue weighted by molar-refractivity contribution is -0.202. The van der Waals surface area contributed by atoms with Crippen molar-refractivity contribution in [3.05, 3.63) is 82.5 Å². The number of carbonyl (C=O) groups is 2. The normalized spacial score (nSPS) is 36.8. The molecule has 0 radical (unpaired) electrons. The number of ketones is 1. The highest BCUT2D eigenvalue weighted by Gasteiger charge is 2.72. The topological polar surface area (TPSA) is 52.6 Å². The molecule has 0 unspecified atom stereocenters. The zero-order valence-electron chi connectivity index (χ0n) is 29.5. The van der Waals surface area contributed by atoms with Crippen molar-refractivity contribution in [2.45, 2.75) is 124 Å². The fourth-order valence-corrected chi connectivity index (χ4v) is 10.1. The Balaban J connectivity index is 1.20. The quantitative estimate of drug-likeness (QED) is 0.254. The van der Waals surface area contributed by atoms with Gasteiger partial charge in [-0.3, -0.25) is 9.59 Å². The predicted molar refractivity (Wildman–Crippen MR) is 184 cm³/mol. The van der Waals surface area contributed by atoms with Gasteiger partial charge in [-0.1, -0.05) is 116 Å². The van der Waals surface area contributed by atoms with Crippen LogP contribution in [0, 0.1) is 28.6 Å². The highest BCUT2D eigenvalue weighted by atomic mass is 16.6. The molecule has 3 aliphatic carbocycles. The first-order valence-corrected chi connectivity index (χ1v) is 17.5. The molecule has 2 heterocycles. The number of ether oxygens (including phenoxy) is 2. The highest BCUT2D eigenvalue weighted by molar-refractivity contribution is 6.00. The highest BCUT2D eigenvalue weighted by Crippen LogP contribution is 2.65. The van der Waals surface area contributed by atoms with E-state index < -0.39 is 10.8 Å². The van der Waals surface area contributed by atoms with Crippen LogP contribution < -0.4 is 0 Å². The fraction of sp³-hybridized carbons (Fsp3) is 0.571. The molecule has 0 bridgehead atoms. The van der Waals surface area contributed by atoms with Crippen LogP contribution in [-0.2, 0) is 29.9 Å². The lowest BCUT2D eigenvalue weighted by atomic mass is 9.45. The molecule has 4 heteroatoms. The lowest BCUT2D eigenvalue weighted by Crippen LogP contribution is -2.64. The molecule has 0 N–H and O–H groups in total. The summed E-state index contributed by atoms with van der Waals surface area (Å²) in [4.78, 5) is 27.0. The summed E-state index contributed by atoms with van der Waals surface area (Å²) in [6.07, 6.45) is 5.64. The van der Waals surface area contributed by atoms with Gasteiger partial charge in [-0.05, 0) is 88.8 Å². The van der Waals surface area contributed by atoms with Crippen LogP contribution in [-0.4, -0.2) is 30.1 Å². The average Bonchev–Trinajstić information content (AvgIpc) is 3.47. The number of rotatable bonds is 3. The Morgan fingerprint density at radius 3 is 2.09 bits per heavy atom. The maximum Gasteiger partial charge on any atom is 0.316 e. The van der Waals surface area contributed by atoms with Crippen LogP contribution in [0.2, 0.25) is 0 Å². The summed E-state index contributed by atoms with van der Waals surface area (Å²) in [6, 6.07) is 16.3. The summed E-state index contributed by atoms with van der Waals surface area (Å²) < 4.78 is 13.2. The Morgan fingerprint density at radius 2 is 1.50 bits per heavy atom. The third kappa shape index (κ3) is 4.49. The predicted octanol–water partition coefficient (Wildman–Crippen LogP) is 9.26. The molecule has 1 saturated carbocycles. The number of hydrogen-bond acceptors (Lipinski definition) is 4. The van der Waals surface area contributed by atoms with E-state index in [1.807, 2.05) is 13.0 Å². The molecule has 9 atom stereocenters. The molecule has 2 aliphatic heterocycles. The van der Waals surface area contributed by atoms with Crippen LogP contribution in [0.3, 0.4) is 0 Å². The Kier molecular flexibility index (Phi) is 7.05. The standard InChI is InChI=1S/C42H52O4/c1-11-32-31-21-30-23(2)29(22-33(30)45-35(31)36-37-41(9,38(44)46-36)17-16-34(43)42(32,37)10)25-14-12-24(13-15-25)26-18-27(39(3,4)5)20-28(19-26)40(6,7)8/h12-20,29,31-33,35-37H,11,21-22H2,1-10H3/t29-,31-,32-,33+,35-,36-,37-,41+,42-/m0/s1. The van der Waals surface area contributed by atoms with E-state index >= 15 is 0 Å². The lowest BCUT2D eigenvalue weighted by Gasteiger charge is -2.58. The summed E-state index contributed by atoms with van der Waals surface area (Å²) in [5.74, 6) is 0.313. The molecule has 244 valence electrons. The molecule has 2 aromatic rings. The number of fused-ring (bicyclic) bond motifs is 3. The number of esters is 1. The zero-order valence-corrected chi connectivity index (χ0v) is 29.5. The van der Waals surface area contributed by atoms with Gasteiger partial charge in [0.05, 0.1) is 17.6 Å². The molecule has 5 aliphatic rings. The van der Waals surface area contributed by atoms with Crippen LogP contribution in [0.4, 0.5) is 0 Å². The van der Waals surface area contributed by atoms with Crippen molar-refractivity contribution in [2.75, 3.05) is 0 Å². The average molecular weight is 621 g/mol. The van der Waals surface area contributed by atoms with Gasteiger partial charge in [0.1, 0.15) is 6.10 Å². The van der Waals surface area contributed by atoms with Gasteiger partial charge >= 0.3 is 5.97 Å². The number of allylic oxidation sites excluding steroid dienone is 2. The van der Waals surface area contributed by atoms with Crippen LogP contribution in [0.1, 0.15) is 111 Å². The van der Waals surface area contributed by atoms with Crippen LogP contribution in [0.5, 0.6) is 0 Å². The van der Waals surface area contributed by atoms with Crippen LogP contribution in [0.25, 0.3) is 11.1 Å². The van der Waals surface area contributed by atoms with E-state index in [2.05, 4.69) is 105 Å². The van der Waals surface area contributed by atoms with Gasteiger partial charge in [0.2, 0.25) is 0 Å². The first-order chi connectivity index (χ1) is 21.5. The van der Waals surface area contributed by atoms with Gasteiger partial charge in [-0.25, -0.2) is 0 Å². The number of carbonyl (C=O) groups excluding carboxylic acids is 2. The maximum atomic E-state index is 13.6. The SMILES string of the molecule is CC[C@H]1[C@@H]2CC3=C(C)[C@@H](c4ccc(-c5cc(C(C)(C)C)cc(C(C)(C)C)c5)cc4)C[C@H]3O[C@@H]2[C@@H]2OC(=O)[C@]3(C)C=CC(=O)[C@@]1(C)[C@@H]23. The van der Waals surface area contributed by atoms with Gasteiger partial charge < -0.3 is 9.47 Å². The Morgan fingerprint density at radius 1 is 0.870 bits per heavy atom. The van der Waals surface area contributed by atoms with E-state index in [9.17, 15) is 9.59 Å². The summed E-state index contributed by atoms with van der Waals surface area (Å²) in [5.41, 5.74) is 8.11. The van der Waals surface area contributed by atoms with Gasteiger partial charge in [0, 0.05) is 17.3 Å². The van der Waals surface area contributed by atoms with Crippen molar-refractivity contribution in [3.63, 3.8) is 0 Å². The van der Waals surface area contributed by atoms with E-state index in [1.165, 1.54) is 39.0 Å². The molecular weight excluding hydrogens is 568 g/mol. The smallest absolute Gasteiger partial charge is 0.316 e. The fourth-order valence-electron chi connectivity index (χ4n) is 10.1. The van der Waals surface area contributed by atoms with E-state index in [0.29, 0.717) is 0 Å². The summed E-state index contributed by atoms with van der Waals surface area (Å²) in [5, 5.41) is 0. The van der Waals surface area contributed by atoms with Crippen LogP contribution in [0.15, 0.2) is 65.8 Å². The van der Waals surface area contributed by atoms with Gasteiger partial charge in [-0.2, -0.15) is 0 Å². The third-order valence-electron chi connectivity index (χ3n) is 12.8. The van der Waals surface area contributed by atoms with Gasteiger partial charge in [0.25, 0.3) is 0 Å². The number of hydrogen-bond donors (Lipinski definition) is 0. The molecule has 3 fully saturated rings. The van der Waals surface area contributed by atoms with E-state index in [4.69, 9.17) is 9.47 Å². The first kappa shape index (κ1) is 31.6. The second-order valence-electron chi connectivity index (χ2n) is 17.5. The first-order valence-electron chi connectivity index (χ1n) is 17.5. The molecular formula is C42H52O4. The maximum absolute atomic E-state index is 13.6. The molecule has 7 rings (SSSR count). The van der Waals surface area contributed by atoms with Crippen molar-refractivity contribution in [2.24, 2.45) is 28.6 Å². The number of benzene rings is 2. The second kappa shape index (κ2) is 10.3. The van der Waals surface area contributed by atoms with Crippen molar-refractivity contribution in [3.8, 4) is 11.1 Å². The van der Waals surface area contributed by atoms with Gasteiger partial charge in [0.15, 0.2) is 5.78 Å². The van der Waals surface area contributed by atoms with Crippen molar-refractivity contribution < 1.29 is 19.1 Å². The summed E-state index contributed by atoms with van der Waals surface area (Å²) in [6.45, 7) is 22.3. The summed E-state index contributed by atoms with van der Waals surface area (Å²) in [7, 11) is 0. The molecule has 4 nitrogen and oxygen atoms in total. The van der Waals surface area contributed by atoms with Crippen molar-refractivity contribution >= 4 is 11.8 Å². The Bertz CT molecular complexity index is 1630. The molecule has 0 amide bonds. The minimum absolute atomic E-state index is 0.0194. The Hall–Kier alpha value is -2.98. The minimum atomic E-state index is -0.777. The van der Waals surface area contributed by atoms with Crippen molar-refractivity contribution in [1.29, 1.82) is 0 Å². The minimum Gasteiger partial charge on any atom is -0.459 e. The molecule has 0 aromatic heterocycles. The van der Waals surface area contributed by atoms with Crippen LogP contribution >= 0.6 is 0 Å². The van der Waals surface area contributed by atoms with Gasteiger partial charge in [-0.15, -0.1) is 0 Å². The summed E-state index contributed by atoms with van der Waals surface area (Å²) >= 11 is 0. The van der Waals surface area contributed by atoms with E-state index in [-0.39, 0.29) is 64.6 Å². The Labute approximate surface area is 276 Å². The second-order valence-corrected chi connectivity index (χ2v) is 17.5. The van der Waals surface area contributed by atoms with E-state index in [1.54, 1.807) is 6.08 Å². The van der Waals surface area contributed by atoms with Crippen molar-refractivity contribution in [1.82, 2.24) is 0 Å². The molecule has 0 spiro atoms. The third-order valence-corrected chi connectivity index (χ3v) is 12.8. The molecule has 2 aromatic carbocycles. The van der Waals surface area contributed by atoms with E-state index in [0.717, 1.165) is 19.3 Å². The molecule has 46 heavy (non-hydrogen) atoms.